The van der Waals surface area contributed by atoms with Crippen molar-refractivity contribution in [2.24, 2.45) is 0 Å². The normalized spacial score (nSPS) is 23.9. The van der Waals surface area contributed by atoms with Gasteiger partial charge in [0.1, 0.15) is 0 Å². The van der Waals surface area contributed by atoms with Crippen molar-refractivity contribution in [2.45, 2.75) is 18.9 Å². The molecule has 0 aromatic carbocycles. The number of thiocarbonyl (C=S) groups is 1. The summed E-state index contributed by atoms with van der Waals surface area (Å²) < 4.78 is 0. The Balaban J connectivity index is 2.64. The molecule has 0 amide bonds. The second kappa shape index (κ2) is 3.67. The van der Waals surface area contributed by atoms with Crippen LogP contribution in [-0.4, -0.2) is 23.0 Å². The maximum Gasteiger partial charge on any atom is 0.0819 e. The molecule has 0 aliphatic carbocycles. The van der Waals surface area contributed by atoms with Gasteiger partial charge in [0.15, 0.2) is 0 Å². The lowest BCUT2D eigenvalue weighted by Gasteiger charge is -2.30. The van der Waals surface area contributed by atoms with E-state index in [0.717, 1.165) is 17.8 Å². The highest BCUT2D eigenvalue weighted by atomic mass is 32.1. The van der Waals surface area contributed by atoms with Gasteiger partial charge in [-0.25, -0.2) is 0 Å². The van der Waals surface area contributed by atoms with Crippen LogP contribution in [0, 0.1) is 0 Å². The predicted molar refractivity (Wildman–Crippen MR) is 52.7 cm³/mol. The fourth-order valence-corrected chi connectivity index (χ4v) is 1.42. The van der Waals surface area contributed by atoms with Crippen LogP contribution in [0.5, 0.6) is 0 Å². The molecule has 0 saturated heterocycles. The van der Waals surface area contributed by atoms with Crippen molar-refractivity contribution in [3.63, 3.8) is 0 Å². The maximum atomic E-state index is 5.16. The van der Waals surface area contributed by atoms with Crippen LogP contribution in [0.3, 0.4) is 0 Å². The van der Waals surface area contributed by atoms with E-state index in [-0.39, 0.29) is 0 Å². The lowest BCUT2D eigenvalue weighted by Crippen LogP contribution is -2.36. The van der Waals surface area contributed by atoms with Crippen LogP contribution in [0.1, 0.15) is 12.8 Å². The number of nitrogens with zero attached hydrogens (tertiary/aromatic N) is 1. The van der Waals surface area contributed by atoms with E-state index in [2.05, 4.69) is 23.6 Å². The van der Waals surface area contributed by atoms with Gasteiger partial charge in [-0.1, -0.05) is 30.4 Å². The predicted octanol–water partition coefficient (Wildman–Crippen LogP) is 2.15. The van der Waals surface area contributed by atoms with Gasteiger partial charge < -0.3 is 4.90 Å². The Bertz CT molecular complexity index is 196. The van der Waals surface area contributed by atoms with Gasteiger partial charge in [0.05, 0.1) is 11.0 Å². The first-order chi connectivity index (χ1) is 5.25. The minimum Gasteiger partial charge on any atom is -0.362 e. The summed E-state index contributed by atoms with van der Waals surface area (Å²) in [7, 11) is 2.04. The monoisotopic (exact) mass is 167 g/mol. The molecule has 1 heterocycles. The molecule has 0 bridgehead atoms. The molecule has 1 rings (SSSR count). The first kappa shape index (κ1) is 8.47. The molecule has 0 radical (unpaired) electrons. The fraction of sp³-hybridized carbons (Fsp3) is 0.444. The van der Waals surface area contributed by atoms with Gasteiger partial charge in [0, 0.05) is 13.5 Å². The van der Waals surface area contributed by atoms with Crippen molar-refractivity contribution in [2.75, 3.05) is 7.05 Å². The molecular weight excluding hydrogens is 154 g/mol. The molecule has 0 fully saturated rings. The van der Waals surface area contributed by atoms with Crippen LogP contribution < -0.4 is 0 Å². The third-order valence-electron chi connectivity index (χ3n) is 1.95. The molecule has 1 atom stereocenters. The van der Waals surface area contributed by atoms with Crippen LogP contribution >= 0.6 is 12.2 Å². The summed E-state index contributed by atoms with van der Waals surface area (Å²) in [5, 5.41) is 0. The van der Waals surface area contributed by atoms with E-state index in [9.17, 15) is 0 Å². The molecular formula is C9H13NS. The summed E-state index contributed by atoms with van der Waals surface area (Å²) in [5.41, 5.74) is 0. The minimum absolute atomic E-state index is 0.439. The molecule has 1 unspecified atom stereocenters. The number of hydrogen-bond donors (Lipinski definition) is 0. The average molecular weight is 167 g/mol. The number of rotatable bonds is 2. The Morgan fingerprint density at radius 1 is 1.91 bits per heavy atom. The van der Waals surface area contributed by atoms with Gasteiger partial charge >= 0.3 is 0 Å². The van der Waals surface area contributed by atoms with Crippen molar-refractivity contribution >= 4 is 17.2 Å². The van der Waals surface area contributed by atoms with E-state index in [1.54, 1.807) is 0 Å². The Labute approximate surface area is 73.4 Å². The molecule has 0 N–H and O–H groups in total. The molecule has 1 nitrogen and oxygen atoms in total. The standard InChI is InChI=1S/C9H13NS/c1-3-5-8-6-4-7-9(11)10(8)2/h3-4,6,8H,1,5,7H2,2H3. The zero-order chi connectivity index (χ0) is 8.27. The highest BCUT2D eigenvalue weighted by Crippen LogP contribution is 2.13. The first-order valence-electron chi connectivity index (χ1n) is 3.79. The molecule has 11 heavy (non-hydrogen) atoms. The molecule has 1 aliphatic heterocycles. The van der Waals surface area contributed by atoms with Crippen molar-refractivity contribution < 1.29 is 0 Å². The number of hydrogen-bond acceptors (Lipinski definition) is 1. The van der Waals surface area contributed by atoms with E-state index in [1.165, 1.54) is 0 Å². The fourth-order valence-electron chi connectivity index (χ4n) is 1.19. The molecule has 0 saturated carbocycles. The Morgan fingerprint density at radius 3 is 3.27 bits per heavy atom. The average Bonchev–Trinajstić information content (AvgIpc) is 1.99. The lowest BCUT2D eigenvalue weighted by molar-refractivity contribution is 0.422. The van der Waals surface area contributed by atoms with Crippen molar-refractivity contribution in [1.29, 1.82) is 0 Å². The molecule has 0 aromatic heterocycles. The van der Waals surface area contributed by atoms with Crippen LogP contribution in [0.25, 0.3) is 0 Å². The zero-order valence-electron chi connectivity index (χ0n) is 6.79. The Morgan fingerprint density at radius 2 is 2.64 bits per heavy atom. The smallest absolute Gasteiger partial charge is 0.0819 e. The first-order valence-corrected chi connectivity index (χ1v) is 4.19. The highest BCUT2D eigenvalue weighted by Gasteiger charge is 2.15. The molecule has 2 heteroatoms. The molecule has 0 spiro atoms. The number of likely N-dealkylation sites (N-methyl/N-ethyl adjacent to an activating group) is 1. The van der Waals surface area contributed by atoms with Crippen molar-refractivity contribution in [3.05, 3.63) is 24.8 Å². The molecule has 0 aromatic rings. The largest absolute Gasteiger partial charge is 0.362 e. The van der Waals surface area contributed by atoms with E-state index >= 15 is 0 Å². The van der Waals surface area contributed by atoms with Gasteiger partial charge in [0.25, 0.3) is 0 Å². The Kier molecular flexibility index (Phi) is 2.83. The Hall–Kier alpha value is -0.630. The van der Waals surface area contributed by atoms with Gasteiger partial charge in [0.2, 0.25) is 0 Å². The topological polar surface area (TPSA) is 3.24 Å². The molecule has 60 valence electrons. The van der Waals surface area contributed by atoms with Crippen LogP contribution in [-0.2, 0) is 0 Å². The van der Waals surface area contributed by atoms with E-state index in [4.69, 9.17) is 12.2 Å². The summed E-state index contributed by atoms with van der Waals surface area (Å²) in [6.07, 6.45) is 8.15. The van der Waals surface area contributed by atoms with Gasteiger partial charge in [-0.05, 0) is 6.42 Å². The quantitative estimate of drug-likeness (QED) is 0.458. The van der Waals surface area contributed by atoms with Crippen molar-refractivity contribution in [1.82, 2.24) is 4.90 Å². The summed E-state index contributed by atoms with van der Waals surface area (Å²) in [6, 6.07) is 0.439. The third kappa shape index (κ3) is 1.90. The van der Waals surface area contributed by atoms with Gasteiger partial charge in [-0.2, -0.15) is 0 Å². The lowest BCUT2D eigenvalue weighted by atomic mass is 10.1. The minimum atomic E-state index is 0.439. The SMILES string of the molecule is C=CCC1C=CCC(=S)N1C. The van der Waals surface area contributed by atoms with Gasteiger partial charge in [-0.3, -0.25) is 0 Å². The van der Waals surface area contributed by atoms with Crippen LogP contribution in [0.2, 0.25) is 0 Å². The van der Waals surface area contributed by atoms with Crippen LogP contribution in [0.4, 0.5) is 0 Å². The molecule has 1 aliphatic rings. The summed E-state index contributed by atoms with van der Waals surface area (Å²) >= 11 is 5.16. The van der Waals surface area contributed by atoms with Crippen molar-refractivity contribution in [3.8, 4) is 0 Å². The van der Waals surface area contributed by atoms with E-state index in [0.29, 0.717) is 6.04 Å². The maximum absolute atomic E-state index is 5.16. The summed E-state index contributed by atoms with van der Waals surface area (Å²) in [6.45, 7) is 3.71. The summed E-state index contributed by atoms with van der Waals surface area (Å²) in [4.78, 5) is 3.16. The highest BCUT2D eigenvalue weighted by molar-refractivity contribution is 7.80. The van der Waals surface area contributed by atoms with Gasteiger partial charge in [-0.15, -0.1) is 6.58 Å². The van der Waals surface area contributed by atoms with E-state index in [1.807, 2.05) is 13.1 Å². The summed E-state index contributed by atoms with van der Waals surface area (Å²) in [5.74, 6) is 0. The third-order valence-corrected chi connectivity index (χ3v) is 2.40. The second-order valence-electron chi connectivity index (χ2n) is 2.73. The zero-order valence-corrected chi connectivity index (χ0v) is 7.60. The van der Waals surface area contributed by atoms with Crippen LogP contribution in [0.15, 0.2) is 24.8 Å². The van der Waals surface area contributed by atoms with E-state index < -0.39 is 0 Å². The second-order valence-corrected chi connectivity index (χ2v) is 3.20.